The number of unbranched alkanes of at least 4 members (excludes halogenated alkanes) is 6. The summed E-state index contributed by atoms with van der Waals surface area (Å²) in [5.41, 5.74) is 0. The molecule has 0 saturated carbocycles. The molecule has 0 saturated heterocycles. The summed E-state index contributed by atoms with van der Waals surface area (Å²) in [4.78, 5) is 0. The first-order valence-electron chi connectivity index (χ1n) is 20.5. The van der Waals surface area contributed by atoms with Gasteiger partial charge < -0.3 is 14.2 Å². The summed E-state index contributed by atoms with van der Waals surface area (Å²) in [6.45, 7) is 25.6. The monoisotopic (exact) mass is 890 g/mol. The van der Waals surface area contributed by atoms with Crippen molar-refractivity contribution in [3.8, 4) is 0 Å². The first kappa shape index (κ1) is 48.3. The Morgan fingerprint density at radius 2 is 0.723 bits per heavy atom. The Hall–Kier alpha value is 1.34. The summed E-state index contributed by atoms with van der Waals surface area (Å²) in [6, 6.07) is 0. The predicted molar refractivity (Wildman–Crippen MR) is 226 cm³/mol. The molecule has 0 aliphatic carbocycles. The van der Waals surface area contributed by atoms with Crippen LogP contribution >= 0.6 is 45.2 Å². The zero-order valence-electron chi connectivity index (χ0n) is 33.3. The molecule has 0 aliphatic heterocycles. The van der Waals surface area contributed by atoms with Gasteiger partial charge in [0.1, 0.15) is 0 Å². The second-order valence-corrected chi connectivity index (χ2v) is 20.6. The van der Waals surface area contributed by atoms with Crippen LogP contribution in [0.5, 0.6) is 0 Å². The lowest BCUT2D eigenvalue weighted by molar-refractivity contribution is -0.250. The number of halogens is 2. The normalized spacial score (nSPS) is 18.6. The maximum atomic E-state index is 6.72. The third-order valence-electron chi connectivity index (χ3n) is 9.85. The van der Waals surface area contributed by atoms with Gasteiger partial charge in [-0.05, 0) is 113 Å². The smallest absolute Gasteiger partial charge is 0.160 e. The van der Waals surface area contributed by atoms with E-state index in [1.165, 1.54) is 103 Å². The van der Waals surface area contributed by atoms with Gasteiger partial charge in [-0.15, -0.1) is 0 Å². The van der Waals surface area contributed by atoms with Crippen molar-refractivity contribution in [1.82, 2.24) is 0 Å². The topological polar surface area (TPSA) is 27.7 Å². The molecule has 0 aromatic heterocycles. The van der Waals surface area contributed by atoms with Crippen LogP contribution in [0.2, 0.25) is 0 Å². The van der Waals surface area contributed by atoms with Crippen molar-refractivity contribution < 1.29 is 14.2 Å². The quantitative estimate of drug-likeness (QED) is 0.0279. The van der Waals surface area contributed by atoms with E-state index in [1.54, 1.807) is 0 Å². The van der Waals surface area contributed by atoms with E-state index in [1.807, 2.05) is 0 Å². The van der Waals surface area contributed by atoms with E-state index >= 15 is 0 Å². The number of alkyl halides is 2. The van der Waals surface area contributed by atoms with E-state index in [9.17, 15) is 0 Å². The van der Waals surface area contributed by atoms with E-state index in [-0.39, 0.29) is 12.6 Å². The Labute approximate surface area is 324 Å². The number of ether oxygens (including phenoxy) is 3. The second-order valence-electron chi connectivity index (χ2n) is 16.3. The molecule has 0 fully saturated rings. The maximum absolute atomic E-state index is 6.72. The number of hydrogen-bond acceptors (Lipinski definition) is 3. The molecule has 0 radical (unpaired) electrons. The molecule has 0 heterocycles. The fourth-order valence-electron chi connectivity index (χ4n) is 7.78. The molecule has 0 aliphatic rings. The molecule has 0 aromatic rings. The van der Waals surface area contributed by atoms with E-state index in [2.05, 4.69) is 114 Å². The number of hydrogen-bond donors (Lipinski definition) is 0. The zero-order chi connectivity index (χ0) is 35.5. The van der Waals surface area contributed by atoms with E-state index < -0.39 is 0 Å². The maximum Gasteiger partial charge on any atom is 0.160 e. The molecule has 0 spiro atoms. The Kier molecular flexibility index (Phi) is 32.9. The van der Waals surface area contributed by atoms with E-state index in [0.29, 0.717) is 0 Å². The lowest BCUT2D eigenvalue weighted by Gasteiger charge is -2.27. The molecule has 0 rings (SSSR count). The van der Waals surface area contributed by atoms with Crippen LogP contribution in [0.1, 0.15) is 198 Å². The van der Waals surface area contributed by atoms with Crippen molar-refractivity contribution in [3.63, 3.8) is 0 Å². The van der Waals surface area contributed by atoms with Gasteiger partial charge >= 0.3 is 0 Å². The van der Waals surface area contributed by atoms with Crippen LogP contribution in [0.15, 0.2) is 0 Å². The zero-order valence-corrected chi connectivity index (χ0v) is 37.6. The van der Waals surface area contributed by atoms with Crippen LogP contribution in [0, 0.1) is 35.5 Å². The molecule has 284 valence electrons. The Balaban J connectivity index is 5.06. The van der Waals surface area contributed by atoms with Crippen LogP contribution in [0.25, 0.3) is 0 Å². The van der Waals surface area contributed by atoms with Crippen LogP contribution in [0.3, 0.4) is 0 Å². The SMILES string of the molecule is CCCCCCOC(CCCC(C)CC(C)CC(C)CC(C)I)OC(CCCC(C)CC(C)CC(C)CC(C)I)OCCCCCC. The first-order chi connectivity index (χ1) is 22.4. The third-order valence-corrected chi connectivity index (χ3v) is 10.9. The summed E-state index contributed by atoms with van der Waals surface area (Å²) in [7, 11) is 0. The highest BCUT2D eigenvalue weighted by molar-refractivity contribution is 14.1. The van der Waals surface area contributed by atoms with Crippen molar-refractivity contribution >= 4 is 45.2 Å². The average Bonchev–Trinajstić information content (AvgIpc) is 2.95. The van der Waals surface area contributed by atoms with Gasteiger partial charge in [0, 0.05) is 21.1 Å². The molecule has 47 heavy (non-hydrogen) atoms. The summed E-state index contributed by atoms with van der Waals surface area (Å²) in [5.74, 6) is 4.76. The van der Waals surface area contributed by atoms with Gasteiger partial charge in [0.05, 0.1) is 0 Å². The molecule has 0 bridgehead atoms. The summed E-state index contributed by atoms with van der Waals surface area (Å²) < 4.78 is 21.2. The Morgan fingerprint density at radius 1 is 0.383 bits per heavy atom. The van der Waals surface area contributed by atoms with Gasteiger partial charge in [0.2, 0.25) is 0 Å². The minimum absolute atomic E-state index is 0.147. The molecular weight excluding hydrogens is 806 g/mol. The van der Waals surface area contributed by atoms with Gasteiger partial charge in [-0.2, -0.15) is 0 Å². The van der Waals surface area contributed by atoms with Crippen molar-refractivity contribution in [2.24, 2.45) is 35.5 Å². The molecule has 0 aromatic carbocycles. The van der Waals surface area contributed by atoms with E-state index in [0.717, 1.165) is 82.3 Å². The van der Waals surface area contributed by atoms with Gasteiger partial charge in [-0.25, -0.2) is 0 Å². The molecule has 0 N–H and O–H groups in total. The highest BCUT2D eigenvalue weighted by Gasteiger charge is 2.21. The van der Waals surface area contributed by atoms with Gasteiger partial charge in [0.15, 0.2) is 12.6 Å². The highest BCUT2D eigenvalue weighted by atomic mass is 127. The van der Waals surface area contributed by atoms with Gasteiger partial charge in [0.25, 0.3) is 0 Å². The fourth-order valence-corrected chi connectivity index (χ4v) is 9.52. The molecule has 5 heteroatoms. The Bertz CT molecular complexity index is 606. The van der Waals surface area contributed by atoms with Gasteiger partial charge in [-0.3, -0.25) is 0 Å². The Morgan fingerprint density at radius 3 is 1.06 bits per heavy atom. The molecule has 0 amide bonds. The van der Waals surface area contributed by atoms with Crippen molar-refractivity contribution in [3.05, 3.63) is 0 Å². The van der Waals surface area contributed by atoms with Crippen molar-refractivity contribution in [2.45, 2.75) is 218 Å². The molecule has 3 nitrogen and oxygen atoms in total. The minimum Gasteiger partial charge on any atom is -0.353 e. The summed E-state index contributed by atoms with van der Waals surface area (Å²) in [5, 5.41) is 0. The first-order valence-corrected chi connectivity index (χ1v) is 23.0. The van der Waals surface area contributed by atoms with E-state index in [4.69, 9.17) is 14.2 Å². The summed E-state index contributed by atoms with van der Waals surface area (Å²) >= 11 is 5.15. The predicted octanol–water partition coefficient (Wildman–Crippen LogP) is 15.0. The van der Waals surface area contributed by atoms with Crippen LogP contribution in [-0.4, -0.2) is 33.6 Å². The lowest BCUT2D eigenvalue weighted by atomic mass is 9.86. The van der Waals surface area contributed by atoms with Gasteiger partial charge in [-0.1, -0.05) is 166 Å². The van der Waals surface area contributed by atoms with Crippen LogP contribution in [0.4, 0.5) is 0 Å². The average molecular weight is 891 g/mol. The number of rotatable bonds is 34. The van der Waals surface area contributed by atoms with Crippen LogP contribution < -0.4 is 0 Å². The molecule has 10 unspecified atom stereocenters. The molecular formula is C42H84I2O3. The van der Waals surface area contributed by atoms with Crippen LogP contribution in [-0.2, 0) is 14.2 Å². The fraction of sp³-hybridized carbons (Fsp3) is 1.00. The standard InChI is InChI=1S/C42H84I2O3/c1-11-13-15-17-25-45-41(23-19-21-33(3)27-35(5)29-37(7)31-39(9)43)47-42(46-26-18-16-14-12-2)24-20-22-34(4)28-36(6)30-38(8)32-40(10)44/h33-42H,11-32H2,1-10H3. The van der Waals surface area contributed by atoms with Crippen molar-refractivity contribution in [1.29, 1.82) is 0 Å². The second kappa shape index (κ2) is 32.0. The largest absolute Gasteiger partial charge is 0.353 e. The lowest BCUT2D eigenvalue weighted by Crippen LogP contribution is -2.28. The van der Waals surface area contributed by atoms with Crippen molar-refractivity contribution in [2.75, 3.05) is 13.2 Å². The third kappa shape index (κ3) is 31.8. The highest BCUT2D eigenvalue weighted by Crippen LogP contribution is 2.29. The minimum atomic E-state index is -0.147. The molecule has 10 atom stereocenters. The summed E-state index contributed by atoms with van der Waals surface area (Å²) in [6.07, 6.45) is 24.4.